The van der Waals surface area contributed by atoms with E-state index in [1.807, 2.05) is 0 Å². The molecule has 0 saturated heterocycles. The standard InChI is InChI=1S/C10H10NO6S2/c1-2-9(19(15,16)17)10(12)7-4-3-5-8(6-7)18-11(13)14/h3,5-6,9H,2H2,1H3,(H,15,16,17). The van der Waals surface area contributed by atoms with Crippen molar-refractivity contribution in [1.29, 1.82) is 0 Å². The van der Waals surface area contributed by atoms with E-state index in [1.165, 1.54) is 25.1 Å². The number of nitro groups is 1. The van der Waals surface area contributed by atoms with Gasteiger partial charge in [-0.15, -0.1) is 0 Å². The minimum Gasteiger partial charge on any atom is -0.293 e. The van der Waals surface area contributed by atoms with Crippen molar-refractivity contribution >= 4 is 27.8 Å². The molecular formula is C10H10NO6S2. The van der Waals surface area contributed by atoms with Crippen LogP contribution in [0.1, 0.15) is 23.7 Å². The average Bonchev–Trinajstić information content (AvgIpc) is 2.27. The Hall–Kier alpha value is -1.45. The molecule has 1 N–H and O–H groups in total. The van der Waals surface area contributed by atoms with Crippen molar-refractivity contribution in [2.45, 2.75) is 23.5 Å². The zero-order valence-electron chi connectivity index (χ0n) is 9.77. The van der Waals surface area contributed by atoms with Crippen molar-refractivity contribution in [2.75, 3.05) is 0 Å². The maximum Gasteiger partial charge on any atom is 0.275 e. The molecule has 1 aromatic carbocycles. The van der Waals surface area contributed by atoms with Crippen LogP contribution in [-0.4, -0.2) is 28.3 Å². The Labute approximate surface area is 114 Å². The van der Waals surface area contributed by atoms with Gasteiger partial charge in [-0.05, 0) is 24.6 Å². The van der Waals surface area contributed by atoms with Crippen LogP contribution in [0.4, 0.5) is 0 Å². The summed E-state index contributed by atoms with van der Waals surface area (Å²) in [5.41, 5.74) is -0.115. The number of nitrogens with zero attached hydrogens (tertiary/aromatic N) is 1. The Kier molecular flexibility index (Phi) is 5.04. The van der Waals surface area contributed by atoms with E-state index in [4.69, 9.17) is 4.55 Å². The van der Waals surface area contributed by atoms with E-state index in [1.54, 1.807) is 0 Å². The van der Waals surface area contributed by atoms with Crippen LogP contribution >= 0.6 is 11.9 Å². The lowest BCUT2D eigenvalue weighted by molar-refractivity contribution is -0.284. The van der Waals surface area contributed by atoms with Gasteiger partial charge in [0.2, 0.25) is 0 Å². The van der Waals surface area contributed by atoms with Crippen LogP contribution in [0.25, 0.3) is 0 Å². The molecule has 0 amide bonds. The van der Waals surface area contributed by atoms with Crippen molar-refractivity contribution < 1.29 is 22.1 Å². The molecule has 0 aliphatic carbocycles. The number of hydrogen-bond acceptors (Lipinski definition) is 6. The molecule has 1 unspecified atom stereocenters. The van der Waals surface area contributed by atoms with Gasteiger partial charge in [0, 0.05) is 5.56 Å². The molecule has 103 valence electrons. The molecule has 0 spiro atoms. The molecule has 0 aliphatic heterocycles. The van der Waals surface area contributed by atoms with Gasteiger partial charge in [0.15, 0.2) is 5.78 Å². The second-order valence-corrected chi connectivity index (χ2v) is 6.08. The molecule has 0 aromatic heterocycles. The third kappa shape index (κ3) is 4.30. The summed E-state index contributed by atoms with van der Waals surface area (Å²) < 4.78 is 30.4. The van der Waals surface area contributed by atoms with Gasteiger partial charge < -0.3 is 0 Å². The monoisotopic (exact) mass is 304 g/mol. The molecule has 0 heterocycles. The molecule has 7 nitrogen and oxygen atoms in total. The third-order valence-electron chi connectivity index (χ3n) is 2.24. The summed E-state index contributed by atoms with van der Waals surface area (Å²) >= 11 is 0.295. The fourth-order valence-electron chi connectivity index (χ4n) is 1.44. The predicted molar refractivity (Wildman–Crippen MR) is 68.1 cm³/mol. The van der Waals surface area contributed by atoms with Crippen LogP contribution in [0.5, 0.6) is 0 Å². The van der Waals surface area contributed by atoms with E-state index < -0.39 is 25.5 Å². The molecule has 0 fully saturated rings. The number of ketones is 1. The first-order valence-electron chi connectivity index (χ1n) is 5.10. The molecule has 0 aliphatic rings. The summed E-state index contributed by atoms with van der Waals surface area (Å²) in [6.45, 7) is 1.44. The Morgan fingerprint density at radius 2 is 2.26 bits per heavy atom. The van der Waals surface area contributed by atoms with Crippen molar-refractivity contribution in [3.05, 3.63) is 39.9 Å². The summed E-state index contributed by atoms with van der Waals surface area (Å²) in [5, 5.41) is 8.75. The summed E-state index contributed by atoms with van der Waals surface area (Å²) in [7, 11) is -4.51. The molecule has 1 atom stereocenters. The zero-order valence-corrected chi connectivity index (χ0v) is 11.4. The first-order valence-corrected chi connectivity index (χ1v) is 7.38. The Morgan fingerprint density at radius 3 is 2.74 bits per heavy atom. The Balaban J connectivity index is 3.09. The largest absolute Gasteiger partial charge is 0.293 e. The summed E-state index contributed by atoms with van der Waals surface area (Å²) in [5.74, 6) is -0.837. The molecule has 0 bridgehead atoms. The van der Waals surface area contributed by atoms with Crippen molar-refractivity contribution in [3.8, 4) is 0 Å². The fourth-order valence-corrected chi connectivity index (χ4v) is 2.73. The highest BCUT2D eigenvalue weighted by atomic mass is 32.2. The van der Waals surface area contributed by atoms with E-state index in [9.17, 15) is 23.3 Å². The number of benzene rings is 1. The maximum absolute atomic E-state index is 11.9. The Bertz CT molecular complexity index is 598. The quantitative estimate of drug-likeness (QED) is 0.279. The third-order valence-corrected chi connectivity index (χ3v) is 4.12. The molecule has 1 rings (SSSR count). The van der Waals surface area contributed by atoms with Crippen LogP contribution in [-0.2, 0) is 10.1 Å². The highest BCUT2D eigenvalue weighted by Gasteiger charge is 2.30. The number of rotatable bonds is 6. The molecule has 19 heavy (non-hydrogen) atoms. The second-order valence-electron chi connectivity index (χ2n) is 3.53. The van der Waals surface area contributed by atoms with E-state index in [2.05, 4.69) is 6.07 Å². The van der Waals surface area contributed by atoms with Gasteiger partial charge in [-0.2, -0.15) is 8.42 Å². The van der Waals surface area contributed by atoms with Crippen molar-refractivity contribution in [2.24, 2.45) is 0 Å². The van der Waals surface area contributed by atoms with E-state index in [0.29, 0.717) is 11.9 Å². The highest BCUT2D eigenvalue weighted by molar-refractivity contribution is 7.93. The minimum absolute atomic E-state index is 0.0991. The van der Waals surface area contributed by atoms with Gasteiger partial charge in [0.05, 0.1) is 4.90 Å². The SMILES string of the molecule is CCC(C(=O)c1[c]ccc(S[N+](=O)[O-])c1)S(=O)(=O)O. The number of carbonyl (C=O) groups is 1. The smallest absolute Gasteiger partial charge is 0.275 e. The summed E-state index contributed by atoms with van der Waals surface area (Å²) in [6.07, 6.45) is -0.0991. The van der Waals surface area contributed by atoms with Gasteiger partial charge in [-0.1, -0.05) is 13.0 Å². The number of carbonyl (C=O) groups excluding carboxylic acids is 1. The van der Waals surface area contributed by atoms with Crippen LogP contribution in [0.2, 0.25) is 0 Å². The molecule has 9 heteroatoms. The van der Waals surface area contributed by atoms with E-state index >= 15 is 0 Å². The molecule has 0 saturated carbocycles. The number of Topliss-reactive ketones (excluding diaryl/α,β-unsaturated/α-hetero) is 1. The first-order chi connectivity index (χ1) is 8.75. The normalized spacial score (nSPS) is 12.9. The van der Waals surface area contributed by atoms with Crippen molar-refractivity contribution in [1.82, 2.24) is 0 Å². The maximum atomic E-state index is 11.9. The van der Waals surface area contributed by atoms with Gasteiger partial charge in [0.25, 0.3) is 22.1 Å². The zero-order chi connectivity index (χ0) is 14.6. The lowest BCUT2D eigenvalue weighted by Crippen LogP contribution is -2.29. The topological polar surface area (TPSA) is 115 Å². The molecular weight excluding hydrogens is 294 g/mol. The van der Waals surface area contributed by atoms with Crippen molar-refractivity contribution in [3.63, 3.8) is 0 Å². The second kappa shape index (κ2) is 6.13. The first kappa shape index (κ1) is 15.6. The molecule has 1 radical (unpaired) electrons. The van der Waals surface area contributed by atoms with Gasteiger partial charge >= 0.3 is 0 Å². The van der Waals surface area contributed by atoms with Gasteiger partial charge in [0.1, 0.15) is 9.58 Å². The van der Waals surface area contributed by atoms with Crippen LogP contribution in [0.3, 0.4) is 0 Å². The van der Waals surface area contributed by atoms with Crippen LogP contribution < -0.4 is 0 Å². The summed E-state index contributed by atoms with van der Waals surface area (Å²) in [6, 6.07) is 6.34. The van der Waals surface area contributed by atoms with Crippen LogP contribution in [0, 0.1) is 16.2 Å². The van der Waals surface area contributed by atoms with Gasteiger partial charge in [-0.25, -0.2) is 0 Å². The van der Waals surface area contributed by atoms with E-state index in [0.717, 1.165) is 0 Å². The highest BCUT2D eigenvalue weighted by Crippen LogP contribution is 2.21. The molecule has 1 aromatic rings. The predicted octanol–water partition coefficient (Wildman–Crippen LogP) is 1.62. The Morgan fingerprint density at radius 1 is 1.63 bits per heavy atom. The number of hydrogen-bond donors (Lipinski definition) is 1. The fraction of sp³-hybridized carbons (Fsp3) is 0.300. The van der Waals surface area contributed by atoms with Gasteiger partial charge in [-0.3, -0.25) is 19.5 Å². The summed E-state index contributed by atoms with van der Waals surface area (Å²) in [4.78, 5) is 22.4. The lowest BCUT2D eigenvalue weighted by atomic mass is 10.1. The minimum atomic E-state index is -4.51. The van der Waals surface area contributed by atoms with E-state index in [-0.39, 0.29) is 16.9 Å². The van der Waals surface area contributed by atoms with Crippen LogP contribution in [0.15, 0.2) is 23.1 Å². The lowest BCUT2D eigenvalue weighted by Gasteiger charge is -2.10. The average molecular weight is 304 g/mol.